The maximum absolute atomic E-state index is 13.4. The zero-order valence-electron chi connectivity index (χ0n) is 14.8. The van der Waals surface area contributed by atoms with Crippen LogP contribution >= 0.6 is 11.3 Å². The van der Waals surface area contributed by atoms with Crippen molar-refractivity contribution in [2.45, 2.75) is 24.8 Å². The molecule has 27 heavy (non-hydrogen) atoms. The highest BCUT2D eigenvalue weighted by Gasteiger charge is 2.48. The maximum atomic E-state index is 13.4. The van der Waals surface area contributed by atoms with Gasteiger partial charge in [0.05, 0.1) is 6.04 Å². The molecule has 3 aromatic rings. The van der Waals surface area contributed by atoms with Crippen molar-refractivity contribution in [3.8, 4) is 0 Å². The summed E-state index contributed by atoms with van der Waals surface area (Å²) in [4.78, 5) is 16.7. The first-order chi connectivity index (χ1) is 13.2. The number of hydrogen-bond acceptors (Lipinski definition) is 2. The van der Waals surface area contributed by atoms with Crippen molar-refractivity contribution in [2.75, 3.05) is 6.54 Å². The first-order valence-corrected chi connectivity index (χ1v) is 10.3. The lowest BCUT2D eigenvalue weighted by Gasteiger charge is -2.36. The van der Waals surface area contributed by atoms with Crippen LogP contribution in [0.2, 0.25) is 0 Å². The molecule has 1 aromatic heterocycles. The van der Waals surface area contributed by atoms with Gasteiger partial charge in [-0.3, -0.25) is 4.79 Å². The normalized spacial score (nSPS) is 23.7. The molecule has 2 aromatic carbocycles. The number of halogens is 1. The topological polar surface area (TPSA) is 20.3 Å². The van der Waals surface area contributed by atoms with E-state index in [0.29, 0.717) is 5.92 Å². The molecule has 5 rings (SSSR count). The fourth-order valence-electron chi connectivity index (χ4n) is 4.31. The van der Waals surface area contributed by atoms with Crippen molar-refractivity contribution < 1.29 is 9.18 Å². The lowest BCUT2D eigenvalue weighted by atomic mass is 9.92. The Bertz CT molecular complexity index is 966. The molecule has 0 saturated heterocycles. The fraction of sp³-hybridized carbons (Fsp3) is 0.261. The van der Waals surface area contributed by atoms with Crippen molar-refractivity contribution in [3.05, 3.63) is 93.4 Å². The fourth-order valence-corrected chi connectivity index (χ4v) is 5.21. The number of hydrogen-bond donors (Lipinski definition) is 0. The lowest BCUT2D eigenvalue weighted by Crippen LogP contribution is -2.41. The van der Waals surface area contributed by atoms with E-state index in [9.17, 15) is 9.18 Å². The van der Waals surface area contributed by atoms with Crippen LogP contribution < -0.4 is 0 Å². The van der Waals surface area contributed by atoms with Gasteiger partial charge in [0.25, 0.3) is 0 Å². The molecule has 2 aliphatic rings. The molecule has 1 amide bonds. The minimum atomic E-state index is -0.246. The molecule has 2 heterocycles. The Labute approximate surface area is 162 Å². The van der Waals surface area contributed by atoms with Crippen LogP contribution in [-0.4, -0.2) is 17.4 Å². The largest absolute Gasteiger partial charge is 0.331 e. The third-order valence-corrected chi connectivity index (χ3v) is 6.77. The van der Waals surface area contributed by atoms with E-state index in [0.717, 1.165) is 24.9 Å². The van der Waals surface area contributed by atoms with E-state index in [1.807, 2.05) is 35.2 Å². The SMILES string of the molecule is O=C(C1CC1c1ccccc1)N1CCc2sccc2C1c1ccc(F)cc1. The summed E-state index contributed by atoms with van der Waals surface area (Å²) in [6.07, 6.45) is 1.82. The summed E-state index contributed by atoms with van der Waals surface area (Å²) >= 11 is 1.75. The molecular formula is C23H20FNOS. The molecule has 3 unspecified atom stereocenters. The smallest absolute Gasteiger partial charge is 0.227 e. The minimum absolute atomic E-state index is 0.0653. The number of carbonyl (C=O) groups is 1. The van der Waals surface area contributed by atoms with Crippen LogP contribution in [-0.2, 0) is 11.2 Å². The van der Waals surface area contributed by atoms with Crippen LogP contribution in [0.5, 0.6) is 0 Å². The van der Waals surface area contributed by atoms with Crippen LogP contribution in [0.4, 0.5) is 4.39 Å². The van der Waals surface area contributed by atoms with Crippen molar-refractivity contribution in [1.82, 2.24) is 4.90 Å². The molecule has 1 aliphatic heterocycles. The highest BCUT2D eigenvalue weighted by atomic mass is 32.1. The van der Waals surface area contributed by atoms with E-state index in [2.05, 4.69) is 23.6 Å². The third-order valence-electron chi connectivity index (χ3n) is 5.77. The Morgan fingerprint density at radius 2 is 1.78 bits per heavy atom. The van der Waals surface area contributed by atoms with Crippen LogP contribution in [0.1, 0.15) is 39.9 Å². The summed E-state index contributed by atoms with van der Waals surface area (Å²) < 4.78 is 13.4. The summed E-state index contributed by atoms with van der Waals surface area (Å²) in [6.45, 7) is 0.729. The second kappa shape index (κ2) is 6.61. The second-order valence-electron chi connectivity index (χ2n) is 7.39. The van der Waals surface area contributed by atoms with Gasteiger partial charge in [0.2, 0.25) is 5.91 Å². The Morgan fingerprint density at radius 1 is 1.00 bits per heavy atom. The molecule has 0 N–H and O–H groups in total. The van der Waals surface area contributed by atoms with Gasteiger partial charge in [-0.15, -0.1) is 11.3 Å². The van der Waals surface area contributed by atoms with E-state index in [-0.39, 0.29) is 23.7 Å². The average Bonchev–Trinajstić information content (AvgIpc) is 3.37. The number of amides is 1. The summed E-state index contributed by atoms with van der Waals surface area (Å²) in [5.41, 5.74) is 3.44. The quantitative estimate of drug-likeness (QED) is 0.617. The van der Waals surface area contributed by atoms with Crippen LogP contribution in [0.15, 0.2) is 66.0 Å². The van der Waals surface area contributed by atoms with Crippen LogP contribution in [0.25, 0.3) is 0 Å². The number of rotatable bonds is 3. The number of nitrogens with zero attached hydrogens (tertiary/aromatic N) is 1. The maximum Gasteiger partial charge on any atom is 0.227 e. The van der Waals surface area contributed by atoms with Gasteiger partial charge in [-0.1, -0.05) is 42.5 Å². The van der Waals surface area contributed by atoms with Gasteiger partial charge >= 0.3 is 0 Å². The molecule has 1 aliphatic carbocycles. The first-order valence-electron chi connectivity index (χ1n) is 9.39. The number of benzene rings is 2. The zero-order chi connectivity index (χ0) is 18.4. The second-order valence-corrected chi connectivity index (χ2v) is 8.39. The van der Waals surface area contributed by atoms with Crippen LogP contribution in [0.3, 0.4) is 0 Å². The van der Waals surface area contributed by atoms with E-state index in [1.165, 1.54) is 28.1 Å². The van der Waals surface area contributed by atoms with Gasteiger partial charge in [0.1, 0.15) is 5.82 Å². The third kappa shape index (κ3) is 2.98. The molecular weight excluding hydrogens is 357 g/mol. The summed E-state index contributed by atoms with van der Waals surface area (Å²) in [5, 5.41) is 2.10. The van der Waals surface area contributed by atoms with Gasteiger partial charge in [-0.2, -0.15) is 0 Å². The van der Waals surface area contributed by atoms with Gasteiger partial charge in [-0.25, -0.2) is 4.39 Å². The zero-order valence-corrected chi connectivity index (χ0v) is 15.7. The predicted octanol–water partition coefficient (Wildman–Crippen LogP) is 5.17. The molecule has 4 heteroatoms. The van der Waals surface area contributed by atoms with Gasteiger partial charge in [0.15, 0.2) is 0 Å². The molecule has 0 spiro atoms. The van der Waals surface area contributed by atoms with Crippen molar-refractivity contribution in [2.24, 2.45) is 5.92 Å². The van der Waals surface area contributed by atoms with Gasteiger partial charge in [-0.05, 0) is 59.0 Å². The Hall–Kier alpha value is -2.46. The monoisotopic (exact) mass is 377 g/mol. The molecule has 0 radical (unpaired) electrons. The van der Waals surface area contributed by atoms with Gasteiger partial charge < -0.3 is 4.90 Å². The van der Waals surface area contributed by atoms with Crippen molar-refractivity contribution in [1.29, 1.82) is 0 Å². The minimum Gasteiger partial charge on any atom is -0.331 e. The van der Waals surface area contributed by atoms with Crippen molar-refractivity contribution >= 4 is 17.2 Å². The van der Waals surface area contributed by atoms with E-state index >= 15 is 0 Å². The molecule has 3 atom stereocenters. The molecule has 2 nitrogen and oxygen atoms in total. The van der Waals surface area contributed by atoms with Gasteiger partial charge in [0, 0.05) is 17.3 Å². The Balaban J connectivity index is 1.46. The summed E-state index contributed by atoms with van der Waals surface area (Å²) in [7, 11) is 0. The number of fused-ring (bicyclic) bond motifs is 1. The van der Waals surface area contributed by atoms with Crippen molar-refractivity contribution in [3.63, 3.8) is 0 Å². The Kier molecular flexibility index (Phi) is 4.09. The van der Waals surface area contributed by atoms with E-state index < -0.39 is 0 Å². The molecule has 1 fully saturated rings. The van der Waals surface area contributed by atoms with E-state index in [4.69, 9.17) is 0 Å². The highest BCUT2D eigenvalue weighted by Crippen LogP contribution is 2.50. The number of carbonyl (C=O) groups excluding carboxylic acids is 1. The predicted molar refractivity (Wildman–Crippen MR) is 105 cm³/mol. The lowest BCUT2D eigenvalue weighted by molar-refractivity contribution is -0.134. The van der Waals surface area contributed by atoms with Crippen LogP contribution in [0, 0.1) is 11.7 Å². The number of thiophene rings is 1. The first kappa shape index (κ1) is 16.7. The highest BCUT2D eigenvalue weighted by molar-refractivity contribution is 7.10. The van der Waals surface area contributed by atoms with E-state index in [1.54, 1.807) is 11.3 Å². The molecule has 136 valence electrons. The average molecular weight is 377 g/mol. The standard InChI is InChI=1S/C23H20FNOS/c24-17-8-6-16(7-9-17)22-18-11-13-27-21(18)10-12-25(22)23(26)20-14-19(20)15-4-2-1-3-5-15/h1-9,11,13,19-20,22H,10,12,14H2. The summed E-state index contributed by atoms with van der Waals surface area (Å²) in [6, 6.07) is 18.9. The Morgan fingerprint density at radius 3 is 2.56 bits per heavy atom. The molecule has 1 saturated carbocycles. The molecule has 0 bridgehead atoms. The summed E-state index contributed by atoms with van der Waals surface area (Å²) in [5.74, 6) is 0.381.